The molecule has 0 unspecified atom stereocenters. The van der Waals surface area contributed by atoms with E-state index in [4.69, 9.17) is 15.2 Å². The lowest BCUT2D eigenvalue weighted by Gasteiger charge is -2.27. The maximum Gasteiger partial charge on any atom is 0.166 e. The maximum absolute atomic E-state index is 5.99. The third-order valence-corrected chi connectivity index (χ3v) is 4.15. The fraction of sp³-hybridized carbons (Fsp3) is 0.250. The normalized spacial score (nSPS) is 14.3. The van der Waals surface area contributed by atoms with E-state index < -0.39 is 0 Å². The topological polar surface area (TPSA) is 63.5 Å². The van der Waals surface area contributed by atoms with Gasteiger partial charge in [-0.3, -0.25) is 0 Å². The van der Waals surface area contributed by atoms with Gasteiger partial charge in [0.15, 0.2) is 11.5 Å². The van der Waals surface area contributed by atoms with Crippen LogP contribution in [0.3, 0.4) is 0 Å². The van der Waals surface area contributed by atoms with Crippen LogP contribution in [-0.2, 0) is 0 Å². The molecule has 0 bridgehead atoms. The smallest absolute Gasteiger partial charge is 0.166 e. The van der Waals surface area contributed by atoms with Crippen molar-refractivity contribution in [3.05, 3.63) is 24.3 Å². The number of nitrogens with one attached hydrogen (secondary N) is 1. The highest BCUT2D eigenvalue weighted by atomic mass is 16.5. The van der Waals surface area contributed by atoms with Gasteiger partial charge in [-0.05, 0) is 24.3 Å². The van der Waals surface area contributed by atoms with Crippen molar-refractivity contribution in [1.82, 2.24) is 4.98 Å². The molecule has 0 saturated heterocycles. The van der Waals surface area contributed by atoms with Gasteiger partial charge in [-0.2, -0.15) is 0 Å². The summed E-state index contributed by atoms with van der Waals surface area (Å²) in [5, 5.41) is 2.22. The lowest BCUT2D eigenvalue weighted by Crippen LogP contribution is -2.28. The first-order chi connectivity index (χ1) is 10.2. The first kappa shape index (κ1) is 12.2. The molecule has 0 fully saturated rings. The van der Waals surface area contributed by atoms with Crippen LogP contribution in [-0.4, -0.2) is 32.3 Å². The molecule has 3 N–H and O–H groups in total. The molecule has 0 spiro atoms. The third-order valence-electron chi connectivity index (χ3n) is 4.15. The second-order valence-corrected chi connectivity index (χ2v) is 5.34. The molecule has 4 rings (SSSR count). The van der Waals surface area contributed by atoms with Crippen LogP contribution in [0.15, 0.2) is 24.3 Å². The highest BCUT2D eigenvalue weighted by Crippen LogP contribution is 2.43. The van der Waals surface area contributed by atoms with Crippen LogP contribution in [0.1, 0.15) is 0 Å². The second kappa shape index (κ2) is 4.22. The summed E-state index contributed by atoms with van der Waals surface area (Å²) in [6, 6.07) is 8.12. The molecule has 0 saturated carbocycles. The fourth-order valence-corrected chi connectivity index (χ4v) is 3.06. The van der Waals surface area contributed by atoms with Gasteiger partial charge in [-0.25, -0.2) is 0 Å². The number of ether oxygens (including phenoxy) is 2. The first-order valence-electron chi connectivity index (χ1n) is 6.95. The highest BCUT2D eigenvalue weighted by Gasteiger charge is 2.21. The summed E-state index contributed by atoms with van der Waals surface area (Å²) in [6.45, 7) is 1.59. The van der Waals surface area contributed by atoms with E-state index in [2.05, 4.69) is 29.1 Å². The molecular formula is C16H17N3O2. The lowest BCUT2D eigenvalue weighted by atomic mass is 10.1. The molecule has 2 aromatic carbocycles. The number of anilines is 2. The largest absolute Gasteiger partial charge is 0.492 e. The number of nitrogens with two attached hydrogens (primary N) is 1. The van der Waals surface area contributed by atoms with Gasteiger partial charge in [0.05, 0.1) is 36.1 Å². The fourth-order valence-electron chi connectivity index (χ4n) is 3.06. The predicted molar refractivity (Wildman–Crippen MR) is 85.5 cm³/mol. The van der Waals surface area contributed by atoms with E-state index in [1.807, 2.05) is 12.1 Å². The number of H-pyrrole nitrogens is 1. The summed E-state index contributed by atoms with van der Waals surface area (Å²) in [4.78, 5) is 5.63. The predicted octanol–water partition coefficient (Wildman–Crippen LogP) is 2.74. The highest BCUT2D eigenvalue weighted by molar-refractivity contribution is 6.13. The van der Waals surface area contributed by atoms with Crippen LogP contribution in [0.5, 0.6) is 11.5 Å². The minimum absolute atomic E-state index is 0.628. The summed E-state index contributed by atoms with van der Waals surface area (Å²) in [7, 11) is 3.71. The number of hydrogen-bond acceptors (Lipinski definition) is 4. The molecule has 1 aliphatic heterocycles. The molecule has 5 nitrogen and oxygen atoms in total. The molecule has 2 heterocycles. The Morgan fingerprint density at radius 1 is 1.19 bits per heavy atom. The molecule has 1 aromatic heterocycles. The third kappa shape index (κ3) is 1.57. The Morgan fingerprint density at radius 3 is 2.76 bits per heavy atom. The Morgan fingerprint density at radius 2 is 1.95 bits per heavy atom. The number of aromatic nitrogens is 1. The van der Waals surface area contributed by atoms with Crippen LogP contribution in [0.25, 0.3) is 21.8 Å². The number of likely N-dealkylation sites (N-methyl/N-ethyl adjacent to an activating group) is 1. The van der Waals surface area contributed by atoms with Crippen LogP contribution < -0.4 is 20.1 Å². The van der Waals surface area contributed by atoms with Gasteiger partial charge in [0.1, 0.15) is 6.61 Å². The molecule has 0 aliphatic carbocycles. The van der Waals surface area contributed by atoms with Crippen LogP contribution in [0.4, 0.5) is 11.4 Å². The van der Waals surface area contributed by atoms with E-state index in [1.54, 1.807) is 7.11 Å². The molecule has 5 heteroatoms. The average molecular weight is 283 g/mol. The minimum Gasteiger partial charge on any atom is -0.492 e. The van der Waals surface area contributed by atoms with Crippen LogP contribution in [0.2, 0.25) is 0 Å². The maximum atomic E-state index is 5.99. The quantitative estimate of drug-likeness (QED) is 0.674. The molecular weight excluding hydrogens is 266 g/mol. The van der Waals surface area contributed by atoms with Crippen molar-refractivity contribution < 1.29 is 9.47 Å². The Bertz CT molecular complexity index is 854. The summed E-state index contributed by atoms with van der Waals surface area (Å²) in [5.74, 6) is 1.58. The van der Waals surface area contributed by atoms with Gasteiger partial charge in [0, 0.05) is 17.8 Å². The van der Waals surface area contributed by atoms with Crippen molar-refractivity contribution in [3.8, 4) is 11.5 Å². The zero-order chi connectivity index (χ0) is 14.6. The number of nitrogen functional groups attached to an aromatic ring is 1. The van der Waals surface area contributed by atoms with Gasteiger partial charge in [0.25, 0.3) is 0 Å². The monoisotopic (exact) mass is 283 g/mol. The minimum atomic E-state index is 0.628. The SMILES string of the molecule is COc1c(N)ccc2c1[nH]c1c3c(ccc12)N(C)CCO3. The van der Waals surface area contributed by atoms with Gasteiger partial charge < -0.3 is 25.1 Å². The number of rotatable bonds is 1. The summed E-state index contributed by atoms with van der Waals surface area (Å²) in [5.41, 5.74) is 9.64. The van der Waals surface area contributed by atoms with E-state index in [1.165, 1.54) is 0 Å². The molecule has 0 amide bonds. The van der Waals surface area contributed by atoms with Crippen molar-refractivity contribution in [2.45, 2.75) is 0 Å². The van der Waals surface area contributed by atoms with Crippen molar-refractivity contribution >= 4 is 33.2 Å². The van der Waals surface area contributed by atoms with Gasteiger partial charge >= 0.3 is 0 Å². The summed E-state index contributed by atoms with van der Waals surface area (Å²) >= 11 is 0. The number of fused-ring (bicyclic) bond motifs is 5. The summed E-state index contributed by atoms with van der Waals surface area (Å²) < 4.78 is 11.3. The number of aromatic amines is 1. The Hall–Kier alpha value is -2.56. The lowest BCUT2D eigenvalue weighted by molar-refractivity contribution is 0.314. The van der Waals surface area contributed by atoms with E-state index >= 15 is 0 Å². The van der Waals surface area contributed by atoms with Crippen molar-refractivity contribution in [2.24, 2.45) is 0 Å². The van der Waals surface area contributed by atoms with E-state index in [9.17, 15) is 0 Å². The Labute approximate surface area is 122 Å². The summed E-state index contributed by atoms with van der Waals surface area (Å²) in [6.07, 6.45) is 0. The Balaban J connectivity index is 2.12. The molecule has 1 aliphatic rings. The standard InChI is InChI=1S/C16H17N3O2/c1-19-7-8-21-16-12(19)6-4-10-9-3-5-11(17)15(20-2)13(9)18-14(10)16/h3-6,18H,7-8,17H2,1-2H3. The van der Waals surface area contributed by atoms with E-state index in [0.29, 0.717) is 18.0 Å². The molecule has 108 valence electrons. The van der Waals surface area contributed by atoms with Crippen molar-refractivity contribution in [1.29, 1.82) is 0 Å². The first-order valence-corrected chi connectivity index (χ1v) is 6.95. The average Bonchev–Trinajstić information content (AvgIpc) is 2.86. The van der Waals surface area contributed by atoms with Crippen LogP contribution >= 0.6 is 0 Å². The second-order valence-electron chi connectivity index (χ2n) is 5.34. The molecule has 3 aromatic rings. The molecule has 0 radical (unpaired) electrons. The molecule has 0 atom stereocenters. The van der Waals surface area contributed by atoms with Crippen molar-refractivity contribution in [2.75, 3.05) is 37.9 Å². The van der Waals surface area contributed by atoms with E-state index in [-0.39, 0.29) is 0 Å². The zero-order valence-corrected chi connectivity index (χ0v) is 12.1. The van der Waals surface area contributed by atoms with Gasteiger partial charge in [0.2, 0.25) is 0 Å². The van der Waals surface area contributed by atoms with Crippen LogP contribution in [0, 0.1) is 0 Å². The zero-order valence-electron chi connectivity index (χ0n) is 12.1. The number of hydrogen-bond donors (Lipinski definition) is 2. The van der Waals surface area contributed by atoms with E-state index in [0.717, 1.165) is 39.8 Å². The number of nitrogens with zero attached hydrogens (tertiary/aromatic N) is 1. The van der Waals surface area contributed by atoms with Gasteiger partial charge in [-0.1, -0.05) is 0 Å². The Kier molecular flexibility index (Phi) is 2.45. The van der Waals surface area contributed by atoms with Crippen molar-refractivity contribution in [3.63, 3.8) is 0 Å². The molecule has 21 heavy (non-hydrogen) atoms. The van der Waals surface area contributed by atoms with Gasteiger partial charge in [-0.15, -0.1) is 0 Å². The number of methoxy groups -OCH3 is 1. The number of benzene rings is 2.